The Morgan fingerprint density at radius 2 is 2.00 bits per heavy atom. The average Bonchev–Trinajstić information content (AvgIpc) is 2.47. The van der Waals surface area contributed by atoms with Crippen LogP contribution in [0.3, 0.4) is 0 Å². The first-order valence-electron chi connectivity index (χ1n) is 7.01. The second-order valence-corrected chi connectivity index (χ2v) is 4.27. The lowest BCUT2D eigenvalue weighted by molar-refractivity contribution is -0.121. The summed E-state index contributed by atoms with van der Waals surface area (Å²) in [6.07, 6.45) is 0.335. The highest BCUT2D eigenvalue weighted by molar-refractivity contribution is 5.75. The molecule has 5 nitrogen and oxygen atoms in total. The molecule has 0 saturated heterocycles. The molecule has 1 aromatic rings. The molecule has 0 fully saturated rings. The fraction of sp³-hybridized carbons (Fsp3) is 0.533. The molecule has 0 bridgehead atoms. The molecule has 5 heteroatoms. The molecule has 0 aliphatic rings. The first-order chi connectivity index (χ1) is 9.71. The largest absolute Gasteiger partial charge is 0.490 e. The maximum Gasteiger partial charge on any atom is 0.223 e. The van der Waals surface area contributed by atoms with E-state index in [1.165, 1.54) is 0 Å². The monoisotopic (exact) mass is 280 g/mol. The van der Waals surface area contributed by atoms with Crippen molar-refractivity contribution in [1.29, 1.82) is 0 Å². The maximum atomic E-state index is 11.2. The smallest absolute Gasteiger partial charge is 0.223 e. The lowest BCUT2D eigenvalue weighted by Gasteiger charge is -2.13. The third-order valence-electron chi connectivity index (χ3n) is 2.75. The lowest BCUT2D eigenvalue weighted by Crippen LogP contribution is -2.20. The molecule has 0 unspecified atom stereocenters. The highest BCUT2D eigenvalue weighted by Crippen LogP contribution is 2.28. The van der Waals surface area contributed by atoms with Crippen LogP contribution in [0.4, 0.5) is 0 Å². The summed E-state index contributed by atoms with van der Waals surface area (Å²) in [5, 5.41) is 5.83. The van der Waals surface area contributed by atoms with Gasteiger partial charge in [0.05, 0.1) is 19.6 Å². The number of amides is 1. The van der Waals surface area contributed by atoms with Crippen molar-refractivity contribution in [1.82, 2.24) is 10.6 Å². The van der Waals surface area contributed by atoms with E-state index in [2.05, 4.69) is 17.6 Å². The fourth-order valence-corrected chi connectivity index (χ4v) is 1.70. The number of carbonyl (C=O) groups is 1. The van der Waals surface area contributed by atoms with Gasteiger partial charge < -0.3 is 20.1 Å². The molecule has 20 heavy (non-hydrogen) atoms. The first kappa shape index (κ1) is 16.3. The van der Waals surface area contributed by atoms with Crippen molar-refractivity contribution in [3.63, 3.8) is 0 Å². The predicted octanol–water partition coefficient (Wildman–Crippen LogP) is 1.71. The molecule has 2 N–H and O–H groups in total. The Morgan fingerprint density at radius 3 is 2.65 bits per heavy atom. The average molecular weight is 280 g/mol. The molecule has 0 aliphatic carbocycles. The Balaban J connectivity index is 2.66. The lowest BCUT2D eigenvalue weighted by atomic mass is 10.2. The highest BCUT2D eigenvalue weighted by atomic mass is 16.5. The van der Waals surface area contributed by atoms with E-state index in [-0.39, 0.29) is 5.91 Å². The Bertz CT molecular complexity index is 422. The third-order valence-corrected chi connectivity index (χ3v) is 2.75. The topological polar surface area (TPSA) is 59.6 Å². The molecule has 0 heterocycles. The molecular weight excluding hydrogens is 256 g/mol. The Labute approximate surface area is 120 Å². The van der Waals surface area contributed by atoms with Crippen molar-refractivity contribution in [3.8, 4) is 11.5 Å². The van der Waals surface area contributed by atoms with E-state index >= 15 is 0 Å². The van der Waals surface area contributed by atoms with E-state index in [1.807, 2.05) is 25.1 Å². The van der Waals surface area contributed by atoms with Gasteiger partial charge in [0.2, 0.25) is 5.91 Å². The minimum absolute atomic E-state index is 0.0354. The summed E-state index contributed by atoms with van der Waals surface area (Å²) in [4.78, 5) is 11.2. The number of hydrogen-bond donors (Lipinski definition) is 2. The van der Waals surface area contributed by atoms with Gasteiger partial charge in [-0.25, -0.2) is 0 Å². The zero-order valence-corrected chi connectivity index (χ0v) is 12.5. The normalized spacial score (nSPS) is 10.2. The molecule has 1 amide bonds. The van der Waals surface area contributed by atoms with Gasteiger partial charge >= 0.3 is 0 Å². The van der Waals surface area contributed by atoms with Gasteiger partial charge in [0.1, 0.15) is 0 Å². The van der Waals surface area contributed by atoms with Crippen LogP contribution in [0.25, 0.3) is 0 Å². The number of nitrogens with one attached hydrogen (secondary N) is 2. The first-order valence-corrected chi connectivity index (χ1v) is 7.01. The zero-order valence-electron chi connectivity index (χ0n) is 12.5. The van der Waals surface area contributed by atoms with E-state index in [9.17, 15) is 4.79 Å². The van der Waals surface area contributed by atoms with Crippen molar-refractivity contribution in [2.75, 3.05) is 26.8 Å². The molecule has 112 valence electrons. The number of hydrogen-bond acceptors (Lipinski definition) is 4. The molecule has 0 atom stereocenters. The van der Waals surface area contributed by atoms with Gasteiger partial charge in [0.25, 0.3) is 0 Å². The number of ether oxygens (including phenoxy) is 2. The summed E-state index contributed by atoms with van der Waals surface area (Å²) >= 11 is 0. The van der Waals surface area contributed by atoms with Crippen molar-refractivity contribution >= 4 is 5.91 Å². The van der Waals surface area contributed by atoms with Crippen LogP contribution in [0.5, 0.6) is 11.5 Å². The van der Waals surface area contributed by atoms with E-state index in [0.29, 0.717) is 25.4 Å². The van der Waals surface area contributed by atoms with Crippen LogP contribution < -0.4 is 20.1 Å². The highest BCUT2D eigenvalue weighted by Gasteiger charge is 2.07. The standard InChI is InChI=1S/C15H24N2O3/c1-4-17-11-12-6-7-13(14(10-12)19-5-2)20-9-8-15(18)16-3/h6-7,10,17H,4-5,8-9,11H2,1-3H3,(H,16,18). The van der Waals surface area contributed by atoms with Crippen LogP contribution in [-0.2, 0) is 11.3 Å². The summed E-state index contributed by atoms with van der Waals surface area (Å²) in [7, 11) is 1.61. The van der Waals surface area contributed by atoms with Crippen LogP contribution in [0.2, 0.25) is 0 Å². The molecule has 0 radical (unpaired) electrons. The van der Waals surface area contributed by atoms with Crippen molar-refractivity contribution < 1.29 is 14.3 Å². The molecule has 1 aromatic carbocycles. The molecule has 0 aliphatic heterocycles. The van der Waals surface area contributed by atoms with Crippen LogP contribution in [0.15, 0.2) is 18.2 Å². The maximum absolute atomic E-state index is 11.2. The molecule has 0 saturated carbocycles. The summed E-state index contributed by atoms with van der Waals surface area (Å²) in [5.41, 5.74) is 1.15. The van der Waals surface area contributed by atoms with Crippen molar-refractivity contribution in [2.24, 2.45) is 0 Å². The van der Waals surface area contributed by atoms with Crippen LogP contribution >= 0.6 is 0 Å². The number of carbonyl (C=O) groups excluding carboxylic acids is 1. The zero-order chi connectivity index (χ0) is 14.8. The Hall–Kier alpha value is -1.75. The van der Waals surface area contributed by atoms with Gasteiger partial charge in [-0.1, -0.05) is 13.0 Å². The second kappa shape index (κ2) is 9.20. The van der Waals surface area contributed by atoms with Crippen LogP contribution in [0, 0.1) is 0 Å². The fourth-order valence-electron chi connectivity index (χ4n) is 1.70. The molecule has 0 spiro atoms. The number of rotatable bonds is 9. The van der Waals surface area contributed by atoms with Crippen LogP contribution in [-0.4, -0.2) is 32.7 Å². The Kier molecular flexibility index (Phi) is 7.50. The van der Waals surface area contributed by atoms with Gasteiger partial charge in [0.15, 0.2) is 11.5 Å². The van der Waals surface area contributed by atoms with E-state index in [0.717, 1.165) is 24.4 Å². The second-order valence-electron chi connectivity index (χ2n) is 4.27. The molecular formula is C15H24N2O3. The van der Waals surface area contributed by atoms with Gasteiger partial charge in [-0.15, -0.1) is 0 Å². The molecule has 0 aromatic heterocycles. The van der Waals surface area contributed by atoms with Crippen molar-refractivity contribution in [2.45, 2.75) is 26.8 Å². The summed E-state index contributed by atoms with van der Waals surface area (Å²) in [5.74, 6) is 1.36. The summed E-state index contributed by atoms with van der Waals surface area (Å²) in [6, 6.07) is 5.86. The van der Waals surface area contributed by atoms with Gasteiger partial charge in [-0.3, -0.25) is 4.79 Å². The summed E-state index contributed by atoms with van der Waals surface area (Å²) < 4.78 is 11.2. The van der Waals surface area contributed by atoms with Crippen molar-refractivity contribution in [3.05, 3.63) is 23.8 Å². The van der Waals surface area contributed by atoms with Crippen LogP contribution in [0.1, 0.15) is 25.8 Å². The summed E-state index contributed by atoms with van der Waals surface area (Å²) in [6.45, 7) is 6.65. The quantitative estimate of drug-likeness (QED) is 0.723. The third kappa shape index (κ3) is 5.48. The van der Waals surface area contributed by atoms with E-state index < -0.39 is 0 Å². The van der Waals surface area contributed by atoms with E-state index in [1.54, 1.807) is 7.05 Å². The van der Waals surface area contributed by atoms with Gasteiger partial charge in [-0.2, -0.15) is 0 Å². The molecule has 1 rings (SSSR count). The van der Waals surface area contributed by atoms with E-state index in [4.69, 9.17) is 9.47 Å². The van der Waals surface area contributed by atoms with Gasteiger partial charge in [-0.05, 0) is 31.2 Å². The predicted molar refractivity (Wildman–Crippen MR) is 79.2 cm³/mol. The van der Waals surface area contributed by atoms with Gasteiger partial charge in [0, 0.05) is 13.6 Å². The Morgan fingerprint density at radius 1 is 1.20 bits per heavy atom. The minimum Gasteiger partial charge on any atom is -0.490 e. The minimum atomic E-state index is -0.0354. The SMILES string of the molecule is CCNCc1ccc(OCCC(=O)NC)c(OCC)c1. The number of benzene rings is 1.